The summed E-state index contributed by atoms with van der Waals surface area (Å²) in [6.07, 6.45) is 7.03. The van der Waals surface area contributed by atoms with Gasteiger partial charge in [-0.2, -0.15) is 0 Å². The van der Waals surface area contributed by atoms with E-state index in [1.807, 2.05) is 36.4 Å². The monoisotopic (exact) mass is 380 g/mol. The Bertz CT molecular complexity index is 772. The SMILES string of the molecule is F[P-](F)(F)(F)(F)F.c1ccc(-c2ncc[nH+]c2-c2ccccn2)nc1. The second kappa shape index (κ2) is 6.03. The van der Waals surface area contributed by atoms with Gasteiger partial charge in [0.1, 0.15) is 5.69 Å². The van der Waals surface area contributed by atoms with Crippen LogP contribution in [0.15, 0.2) is 61.2 Å². The summed E-state index contributed by atoms with van der Waals surface area (Å²) < 4.78 is 59.2. The number of aromatic amines is 1. The van der Waals surface area contributed by atoms with Gasteiger partial charge in [0.2, 0.25) is 0 Å². The molecule has 3 heterocycles. The Morgan fingerprint density at radius 2 is 1.20 bits per heavy atom. The number of nitrogens with zero attached hydrogens (tertiary/aromatic N) is 3. The van der Waals surface area contributed by atoms with Gasteiger partial charge in [0.15, 0.2) is 11.9 Å². The molecular weight excluding hydrogens is 369 g/mol. The molecule has 0 aromatic carbocycles. The number of H-pyrrole nitrogens is 1. The molecule has 0 radical (unpaired) electrons. The number of hydrogen-bond donors (Lipinski definition) is 0. The first-order valence-electron chi connectivity index (χ1n) is 6.66. The Balaban J connectivity index is 0.000000277. The maximum absolute atomic E-state index is 10.7. The fourth-order valence-electron chi connectivity index (χ4n) is 1.77. The first kappa shape index (κ1) is 18.7. The zero-order valence-electron chi connectivity index (χ0n) is 12.3. The second-order valence-corrected chi connectivity index (χ2v) is 6.62. The van der Waals surface area contributed by atoms with Crippen molar-refractivity contribution in [1.82, 2.24) is 15.0 Å². The normalized spacial score (nSPS) is 13.8. The van der Waals surface area contributed by atoms with Crippen LogP contribution in [0.4, 0.5) is 25.2 Å². The molecule has 134 valence electrons. The standard InChI is InChI=1S/C14H10N4.F6P/c1-3-7-15-11(5-1)13-14(18-10-9-17-13)12-6-2-4-8-16-12;1-7(2,3,4,5)6/h1-10H;/q;-1/p+1. The first-order chi connectivity index (χ1) is 11.4. The molecule has 0 spiro atoms. The maximum Gasteiger partial charge on any atom is 0.257 e. The predicted octanol–water partition coefficient (Wildman–Crippen LogP) is 5.40. The van der Waals surface area contributed by atoms with Gasteiger partial charge in [-0.3, -0.25) is 4.98 Å². The van der Waals surface area contributed by atoms with E-state index < -0.39 is 7.81 Å². The second-order valence-electron chi connectivity index (χ2n) is 4.70. The van der Waals surface area contributed by atoms with Crippen LogP contribution in [-0.2, 0) is 0 Å². The number of rotatable bonds is 2. The molecule has 0 aliphatic rings. The number of halogens is 6. The quantitative estimate of drug-likeness (QED) is 0.442. The summed E-state index contributed by atoms with van der Waals surface area (Å²) in [6, 6.07) is 11.5. The van der Waals surface area contributed by atoms with E-state index in [0.29, 0.717) is 0 Å². The van der Waals surface area contributed by atoms with E-state index in [4.69, 9.17) is 0 Å². The largest absolute Gasteiger partial charge is 0.257 e. The van der Waals surface area contributed by atoms with Crippen LogP contribution in [-0.4, -0.2) is 15.0 Å². The van der Waals surface area contributed by atoms with E-state index in [9.17, 15) is 25.2 Å². The van der Waals surface area contributed by atoms with Gasteiger partial charge < -0.3 is 0 Å². The average Bonchev–Trinajstić information content (AvgIpc) is 2.54. The van der Waals surface area contributed by atoms with Crippen LogP contribution in [0.1, 0.15) is 0 Å². The van der Waals surface area contributed by atoms with Crippen molar-refractivity contribution in [1.29, 1.82) is 0 Å². The van der Waals surface area contributed by atoms with E-state index in [2.05, 4.69) is 19.9 Å². The summed E-state index contributed by atoms with van der Waals surface area (Å²) >= 11 is 0. The van der Waals surface area contributed by atoms with Crippen LogP contribution in [0.3, 0.4) is 0 Å². The summed E-state index contributed by atoms with van der Waals surface area (Å²) in [5.74, 6) is 0. The van der Waals surface area contributed by atoms with Crippen molar-refractivity contribution < 1.29 is 30.2 Å². The van der Waals surface area contributed by atoms with E-state index in [-0.39, 0.29) is 0 Å². The third-order valence-corrected chi connectivity index (χ3v) is 2.57. The molecule has 1 N–H and O–H groups in total. The molecule has 4 nitrogen and oxygen atoms in total. The van der Waals surface area contributed by atoms with Crippen LogP contribution < -0.4 is 4.98 Å². The van der Waals surface area contributed by atoms with Crippen LogP contribution >= 0.6 is 7.81 Å². The van der Waals surface area contributed by atoms with Gasteiger partial charge >= 0.3 is 33.0 Å². The Morgan fingerprint density at radius 1 is 0.680 bits per heavy atom. The summed E-state index contributed by atoms with van der Waals surface area (Å²) in [5, 5.41) is 0. The summed E-state index contributed by atoms with van der Waals surface area (Å²) in [7, 11) is -10.7. The Kier molecular flexibility index (Phi) is 4.52. The molecule has 0 aliphatic heterocycles. The molecule has 0 aliphatic carbocycles. The molecule has 0 saturated heterocycles. The van der Waals surface area contributed by atoms with E-state index in [1.165, 1.54) is 0 Å². The van der Waals surface area contributed by atoms with Crippen molar-refractivity contribution >= 4 is 7.81 Å². The molecule has 3 aromatic rings. The van der Waals surface area contributed by atoms with Gasteiger partial charge in [-0.05, 0) is 24.3 Å². The third-order valence-electron chi connectivity index (χ3n) is 2.57. The minimum Gasteiger partial charge on any atom is -0.254 e. The molecule has 0 amide bonds. The summed E-state index contributed by atoms with van der Waals surface area (Å²) in [4.78, 5) is 16.2. The summed E-state index contributed by atoms with van der Waals surface area (Å²) in [6.45, 7) is 0. The van der Waals surface area contributed by atoms with Crippen molar-refractivity contribution in [2.45, 2.75) is 0 Å². The first-order valence-corrected chi connectivity index (χ1v) is 8.69. The third kappa shape index (κ3) is 7.67. The van der Waals surface area contributed by atoms with Gasteiger partial charge in [0.25, 0.3) is 5.69 Å². The van der Waals surface area contributed by atoms with Gasteiger partial charge in [-0.15, -0.1) is 0 Å². The molecule has 0 saturated carbocycles. The number of pyridine rings is 2. The van der Waals surface area contributed by atoms with Gasteiger partial charge in [0.05, 0.1) is 11.9 Å². The number of aromatic nitrogens is 4. The Hall–Kier alpha value is -2.61. The van der Waals surface area contributed by atoms with Crippen molar-refractivity contribution in [3.63, 3.8) is 0 Å². The van der Waals surface area contributed by atoms with Gasteiger partial charge in [-0.25, -0.2) is 15.0 Å². The van der Waals surface area contributed by atoms with E-state index in [1.54, 1.807) is 24.8 Å². The molecule has 3 aromatic heterocycles. The molecule has 25 heavy (non-hydrogen) atoms. The Labute approximate surface area is 137 Å². The molecule has 0 bridgehead atoms. The minimum atomic E-state index is -10.7. The van der Waals surface area contributed by atoms with E-state index in [0.717, 1.165) is 22.8 Å². The molecule has 0 fully saturated rings. The summed E-state index contributed by atoms with van der Waals surface area (Å²) in [5.41, 5.74) is 3.36. The van der Waals surface area contributed by atoms with Crippen LogP contribution in [0.25, 0.3) is 22.8 Å². The smallest absolute Gasteiger partial charge is 0.254 e. The molecule has 11 heteroatoms. The molecular formula is C14H11F6N4P. The molecule has 0 atom stereocenters. The van der Waals surface area contributed by atoms with Crippen molar-refractivity contribution in [3.8, 4) is 22.8 Å². The minimum absolute atomic E-state index is 0.803. The molecule has 0 unspecified atom stereocenters. The molecule has 3 rings (SSSR count). The number of hydrogen-bond acceptors (Lipinski definition) is 3. The van der Waals surface area contributed by atoms with Crippen LogP contribution in [0.2, 0.25) is 0 Å². The zero-order valence-corrected chi connectivity index (χ0v) is 13.2. The van der Waals surface area contributed by atoms with Crippen molar-refractivity contribution in [2.75, 3.05) is 0 Å². The van der Waals surface area contributed by atoms with Gasteiger partial charge in [-0.1, -0.05) is 12.1 Å². The van der Waals surface area contributed by atoms with E-state index >= 15 is 0 Å². The fraction of sp³-hybridized carbons (Fsp3) is 0. The average molecular weight is 380 g/mol. The predicted molar refractivity (Wildman–Crippen MR) is 80.8 cm³/mol. The fourth-order valence-corrected chi connectivity index (χ4v) is 1.77. The zero-order chi connectivity index (χ0) is 18.6. The van der Waals surface area contributed by atoms with Crippen molar-refractivity contribution in [2.24, 2.45) is 0 Å². The van der Waals surface area contributed by atoms with Crippen molar-refractivity contribution in [3.05, 3.63) is 61.2 Å². The number of nitrogens with one attached hydrogen (secondary N) is 1. The van der Waals surface area contributed by atoms with Crippen LogP contribution in [0, 0.1) is 0 Å². The topological polar surface area (TPSA) is 52.8 Å². The maximum atomic E-state index is 9.87. The van der Waals surface area contributed by atoms with Gasteiger partial charge in [0, 0.05) is 12.4 Å². The van der Waals surface area contributed by atoms with Crippen LogP contribution in [0.5, 0.6) is 0 Å². The Morgan fingerprint density at radius 3 is 1.68 bits per heavy atom.